The standard InChI is InChI=1S/C24H28N4O2/c29-23(19-5-4-18-7-12-26-22(18)15-19)27-16-21-6-8-24(30-21)9-13-28(14-10-24)17-20-3-1-2-11-25-20/h1-5,7,11-12,15,21,26H,6,8-10,13-14,16-17H2,(H,27,29). The molecule has 2 aliphatic rings. The van der Waals surface area contributed by atoms with Crippen molar-refractivity contribution in [2.75, 3.05) is 19.6 Å². The second-order valence-electron chi connectivity index (χ2n) is 8.55. The first-order valence-corrected chi connectivity index (χ1v) is 10.8. The van der Waals surface area contributed by atoms with Gasteiger partial charge in [0.05, 0.1) is 17.4 Å². The number of aromatic nitrogens is 2. The van der Waals surface area contributed by atoms with E-state index in [1.54, 1.807) is 0 Å². The first-order valence-electron chi connectivity index (χ1n) is 10.8. The van der Waals surface area contributed by atoms with Crippen LogP contribution in [-0.2, 0) is 11.3 Å². The van der Waals surface area contributed by atoms with Gasteiger partial charge in [0.1, 0.15) is 0 Å². The molecule has 0 radical (unpaired) electrons. The lowest BCUT2D eigenvalue weighted by molar-refractivity contribution is -0.0765. The van der Waals surface area contributed by atoms with E-state index < -0.39 is 0 Å². The number of pyridine rings is 1. The van der Waals surface area contributed by atoms with Crippen molar-refractivity contribution in [1.29, 1.82) is 0 Å². The molecule has 2 fully saturated rings. The monoisotopic (exact) mass is 404 g/mol. The largest absolute Gasteiger partial charge is 0.370 e. The van der Waals surface area contributed by atoms with Gasteiger partial charge in [-0.1, -0.05) is 12.1 Å². The van der Waals surface area contributed by atoms with E-state index in [-0.39, 0.29) is 17.6 Å². The van der Waals surface area contributed by atoms with Crippen LogP contribution in [0.15, 0.2) is 54.9 Å². The van der Waals surface area contributed by atoms with Gasteiger partial charge in [-0.25, -0.2) is 0 Å². The Kier molecular flexibility index (Phi) is 5.27. The second kappa shape index (κ2) is 8.20. The van der Waals surface area contributed by atoms with Gasteiger partial charge in [0.15, 0.2) is 0 Å². The Morgan fingerprint density at radius 3 is 2.93 bits per heavy atom. The molecule has 2 N–H and O–H groups in total. The van der Waals surface area contributed by atoms with Gasteiger partial charge in [-0.15, -0.1) is 0 Å². The molecule has 3 aromatic rings. The van der Waals surface area contributed by atoms with Gasteiger partial charge in [-0.2, -0.15) is 0 Å². The highest BCUT2D eigenvalue weighted by Crippen LogP contribution is 2.39. The maximum absolute atomic E-state index is 12.6. The van der Waals surface area contributed by atoms with Crippen LogP contribution in [-0.4, -0.2) is 52.1 Å². The topological polar surface area (TPSA) is 70.2 Å². The lowest BCUT2D eigenvalue weighted by atomic mass is 9.88. The Labute approximate surface area is 176 Å². The molecule has 0 aliphatic carbocycles. The number of hydrogen-bond donors (Lipinski definition) is 2. The van der Waals surface area contributed by atoms with Gasteiger partial charge in [-0.3, -0.25) is 14.7 Å². The minimum Gasteiger partial charge on any atom is -0.370 e. The number of carbonyl (C=O) groups excluding carboxylic acids is 1. The summed E-state index contributed by atoms with van der Waals surface area (Å²) in [5.74, 6) is -0.0405. The zero-order chi connectivity index (χ0) is 20.4. The van der Waals surface area contributed by atoms with Gasteiger partial charge in [0, 0.05) is 49.7 Å². The number of nitrogens with one attached hydrogen (secondary N) is 2. The highest BCUT2D eigenvalue weighted by Gasteiger charge is 2.42. The van der Waals surface area contributed by atoms with E-state index in [9.17, 15) is 4.79 Å². The van der Waals surface area contributed by atoms with Crippen molar-refractivity contribution >= 4 is 16.8 Å². The number of amides is 1. The number of carbonyl (C=O) groups is 1. The summed E-state index contributed by atoms with van der Waals surface area (Å²) in [6, 6.07) is 13.8. The van der Waals surface area contributed by atoms with Crippen LogP contribution in [0.1, 0.15) is 41.7 Å². The van der Waals surface area contributed by atoms with Gasteiger partial charge in [-0.05, 0) is 61.4 Å². The first kappa shape index (κ1) is 19.3. The van der Waals surface area contributed by atoms with Crippen LogP contribution < -0.4 is 5.32 Å². The quantitative estimate of drug-likeness (QED) is 0.683. The Bertz CT molecular complexity index is 1010. The van der Waals surface area contributed by atoms with Crippen LogP contribution in [0.4, 0.5) is 0 Å². The third-order valence-electron chi connectivity index (χ3n) is 6.53. The number of aromatic amines is 1. The van der Waals surface area contributed by atoms with Crippen LogP contribution in [0.5, 0.6) is 0 Å². The van der Waals surface area contributed by atoms with E-state index in [1.165, 1.54) is 0 Å². The third kappa shape index (κ3) is 4.11. The second-order valence-corrected chi connectivity index (χ2v) is 8.55. The van der Waals surface area contributed by atoms with Crippen molar-refractivity contribution < 1.29 is 9.53 Å². The van der Waals surface area contributed by atoms with E-state index in [0.29, 0.717) is 12.1 Å². The SMILES string of the molecule is O=C(NCC1CCC2(CCN(Cc3ccccn3)CC2)O1)c1ccc2cc[nH]c2c1. The molecule has 1 amide bonds. The van der Waals surface area contributed by atoms with Crippen molar-refractivity contribution in [3.63, 3.8) is 0 Å². The summed E-state index contributed by atoms with van der Waals surface area (Å²) in [6.45, 7) is 3.54. The molecule has 156 valence electrons. The van der Waals surface area contributed by atoms with Crippen molar-refractivity contribution in [3.05, 3.63) is 66.1 Å². The Balaban J connectivity index is 1.10. The fraction of sp³-hybridized carbons (Fsp3) is 0.417. The molecule has 1 unspecified atom stereocenters. The number of fused-ring (bicyclic) bond motifs is 1. The smallest absolute Gasteiger partial charge is 0.251 e. The molecule has 5 rings (SSSR count). The Morgan fingerprint density at radius 2 is 2.10 bits per heavy atom. The lowest BCUT2D eigenvalue weighted by Crippen LogP contribution is -2.45. The van der Waals surface area contributed by atoms with Crippen LogP contribution in [0.2, 0.25) is 0 Å². The molecular weight excluding hydrogens is 376 g/mol. The van der Waals surface area contributed by atoms with Crippen LogP contribution in [0.25, 0.3) is 10.9 Å². The zero-order valence-electron chi connectivity index (χ0n) is 17.1. The van der Waals surface area contributed by atoms with E-state index >= 15 is 0 Å². The molecule has 4 heterocycles. The fourth-order valence-corrected chi connectivity index (χ4v) is 4.74. The molecule has 0 saturated carbocycles. The summed E-state index contributed by atoms with van der Waals surface area (Å²) < 4.78 is 6.47. The van der Waals surface area contributed by atoms with Gasteiger partial charge in [0.25, 0.3) is 5.91 Å². The number of benzene rings is 1. The highest BCUT2D eigenvalue weighted by atomic mass is 16.5. The molecule has 1 aromatic carbocycles. The third-order valence-corrected chi connectivity index (χ3v) is 6.53. The van der Waals surface area contributed by atoms with E-state index in [1.807, 2.05) is 48.8 Å². The van der Waals surface area contributed by atoms with Crippen LogP contribution in [0, 0.1) is 0 Å². The predicted octanol–water partition coefficient (Wildman–Crippen LogP) is 3.51. The molecule has 1 spiro atoms. The van der Waals surface area contributed by atoms with Gasteiger partial charge < -0.3 is 15.0 Å². The first-order chi connectivity index (χ1) is 14.7. The molecule has 2 saturated heterocycles. The maximum atomic E-state index is 12.6. The zero-order valence-corrected chi connectivity index (χ0v) is 17.1. The normalized spacial score (nSPS) is 21.3. The highest BCUT2D eigenvalue weighted by molar-refractivity contribution is 5.97. The summed E-state index contributed by atoms with van der Waals surface area (Å²) in [5, 5.41) is 4.18. The summed E-state index contributed by atoms with van der Waals surface area (Å²) in [6.07, 6.45) is 8.04. The number of nitrogens with zero attached hydrogens (tertiary/aromatic N) is 2. The average molecular weight is 405 g/mol. The number of hydrogen-bond acceptors (Lipinski definition) is 4. The molecule has 0 bridgehead atoms. The van der Waals surface area contributed by atoms with E-state index in [0.717, 1.165) is 61.9 Å². The summed E-state index contributed by atoms with van der Waals surface area (Å²) in [4.78, 5) is 22.6. The van der Waals surface area contributed by atoms with Crippen molar-refractivity contribution in [3.8, 4) is 0 Å². The Hall–Kier alpha value is -2.70. The predicted molar refractivity (Wildman–Crippen MR) is 116 cm³/mol. The van der Waals surface area contributed by atoms with Gasteiger partial charge in [0.2, 0.25) is 0 Å². The lowest BCUT2D eigenvalue weighted by Gasteiger charge is -2.39. The Morgan fingerprint density at radius 1 is 1.20 bits per heavy atom. The van der Waals surface area contributed by atoms with E-state index in [2.05, 4.69) is 26.3 Å². The van der Waals surface area contributed by atoms with Crippen LogP contribution >= 0.6 is 0 Å². The molecule has 2 aliphatic heterocycles. The number of piperidine rings is 1. The molecule has 6 nitrogen and oxygen atoms in total. The van der Waals surface area contributed by atoms with Crippen molar-refractivity contribution in [1.82, 2.24) is 20.2 Å². The summed E-state index contributed by atoms with van der Waals surface area (Å²) in [7, 11) is 0. The van der Waals surface area contributed by atoms with Gasteiger partial charge >= 0.3 is 0 Å². The molecule has 2 aromatic heterocycles. The number of ether oxygens (including phenoxy) is 1. The van der Waals surface area contributed by atoms with E-state index in [4.69, 9.17) is 4.74 Å². The summed E-state index contributed by atoms with van der Waals surface area (Å²) in [5.41, 5.74) is 2.77. The molecule has 1 atom stereocenters. The van der Waals surface area contributed by atoms with Crippen LogP contribution in [0.3, 0.4) is 0 Å². The van der Waals surface area contributed by atoms with Crippen molar-refractivity contribution in [2.24, 2.45) is 0 Å². The molecular formula is C24H28N4O2. The number of rotatable bonds is 5. The van der Waals surface area contributed by atoms with Crippen molar-refractivity contribution in [2.45, 2.75) is 43.9 Å². The fourth-order valence-electron chi connectivity index (χ4n) is 4.74. The maximum Gasteiger partial charge on any atom is 0.251 e. The minimum absolute atomic E-state index is 0.0147. The number of H-pyrrole nitrogens is 1. The summed E-state index contributed by atoms with van der Waals surface area (Å²) >= 11 is 0. The molecule has 30 heavy (non-hydrogen) atoms. The minimum atomic E-state index is -0.0405. The number of likely N-dealkylation sites (tertiary alicyclic amines) is 1. The average Bonchev–Trinajstić information content (AvgIpc) is 3.41. The molecule has 6 heteroatoms.